The fraction of sp³-hybridized carbons (Fsp3) is 0.400. The number of hydrogen-bond donors (Lipinski definition) is 2. The van der Waals surface area contributed by atoms with Gasteiger partial charge in [-0.2, -0.15) is 5.26 Å². The van der Waals surface area contributed by atoms with Crippen LogP contribution in [0.4, 0.5) is 0 Å². The third-order valence-electron chi connectivity index (χ3n) is 3.81. The van der Waals surface area contributed by atoms with Crippen molar-refractivity contribution in [1.82, 2.24) is 15.3 Å². The number of aromatic amines is 1. The zero-order valence-electron chi connectivity index (χ0n) is 11.9. The number of halogens is 1. The Morgan fingerprint density at radius 1 is 1.50 bits per heavy atom. The van der Waals surface area contributed by atoms with Crippen LogP contribution < -0.4 is 5.32 Å². The number of nitriles is 1. The molecule has 3 rings (SSSR count). The zero-order valence-corrected chi connectivity index (χ0v) is 13.4. The molecule has 1 amide bonds. The van der Waals surface area contributed by atoms with Gasteiger partial charge >= 0.3 is 0 Å². The maximum atomic E-state index is 12.1. The number of nitrogens with one attached hydrogen (secondary N) is 2. The third kappa shape index (κ3) is 3.21. The van der Waals surface area contributed by atoms with Crippen LogP contribution in [-0.2, 0) is 4.79 Å². The van der Waals surface area contributed by atoms with Crippen LogP contribution in [0.25, 0.3) is 11.0 Å². The van der Waals surface area contributed by atoms with E-state index in [4.69, 9.17) is 11.6 Å². The standard InChI is InChI=1S/C15H15ClN4OS/c16-10-3-4-11-12(7-10)19-14(18-11)22-8-13(21)20-15(9-17)5-1-2-6-15/h3-4,7H,1-2,5-6,8H2,(H,18,19)(H,20,21). The summed E-state index contributed by atoms with van der Waals surface area (Å²) in [5.41, 5.74) is 0.996. The number of hydrogen-bond acceptors (Lipinski definition) is 4. The Morgan fingerprint density at radius 3 is 3.00 bits per heavy atom. The minimum absolute atomic E-state index is 0.132. The van der Waals surface area contributed by atoms with Crippen LogP contribution in [0.3, 0.4) is 0 Å². The van der Waals surface area contributed by atoms with E-state index in [0.717, 1.165) is 36.7 Å². The summed E-state index contributed by atoms with van der Waals surface area (Å²) in [6.07, 6.45) is 3.46. The second-order valence-corrected chi connectivity index (χ2v) is 6.84. The molecule has 2 N–H and O–H groups in total. The summed E-state index contributed by atoms with van der Waals surface area (Å²) in [4.78, 5) is 19.6. The number of carbonyl (C=O) groups excluding carboxylic acids is 1. The van der Waals surface area contributed by atoms with Gasteiger partial charge in [-0.1, -0.05) is 23.4 Å². The van der Waals surface area contributed by atoms with Gasteiger partial charge in [0.15, 0.2) is 5.16 Å². The second kappa shape index (κ2) is 6.19. The molecule has 0 unspecified atom stereocenters. The van der Waals surface area contributed by atoms with Crippen LogP contribution >= 0.6 is 23.4 Å². The predicted molar refractivity (Wildman–Crippen MR) is 86.8 cm³/mol. The molecule has 22 heavy (non-hydrogen) atoms. The van der Waals surface area contributed by atoms with Crippen LogP contribution in [0, 0.1) is 11.3 Å². The van der Waals surface area contributed by atoms with Crippen molar-refractivity contribution in [2.24, 2.45) is 0 Å². The number of benzene rings is 1. The summed E-state index contributed by atoms with van der Waals surface area (Å²) in [5, 5.41) is 13.5. The van der Waals surface area contributed by atoms with Crippen LogP contribution in [0.15, 0.2) is 23.4 Å². The average Bonchev–Trinajstić information content (AvgIpc) is 3.11. The highest BCUT2D eigenvalue weighted by molar-refractivity contribution is 7.99. The van der Waals surface area contributed by atoms with Crippen molar-refractivity contribution in [3.05, 3.63) is 23.2 Å². The highest BCUT2D eigenvalue weighted by Gasteiger charge is 2.35. The van der Waals surface area contributed by atoms with Gasteiger partial charge in [0, 0.05) is 5.02 Å². The molecule has 0 saturated heterocycles. The van der Waals surface area contributed by atoms with Gasteiger partial charge in [-0.3, -0.25) is 4.79 Å². The van der Waals surface area contributed by atoms with Crippen molar-refractivity contribution in [3.8, 4) is 6.07 Å². The molecule has 2 aromatic rings. The average molecular weight is 335 g/mol. The maximum absolute atomic E-state index is 12.1. The number of fused-ring (bicyclic) bond motifs is 1. The first-order valence-corrected chi connectivity index (χ1v) is 8.47. The van der Waals surface area contributed by atoms with E-state index in [2.05, 4.69) is 21.4 Å². The van der Waals surface area contributed by atoms with Crippen LogP contribution in [0.2, 0.25) is 5.02 Å². The molecule has 1 aliphatic carbocycles. The Bertz CT molecular complexity index is 746. The highest BCUT2D eigenvalue weighted by Crippen LogP contribution is 2.29. The topological polar surface area (TPSA) is 81.6 Å². The van der Waals surface area contributed by atoms with E-state index in [1.807, 2.05) is 6.07 Å². The molecule has 1 aromatic heterocycles. The minimum atomic E-state index is -0.668. The summed E-state index contributed by atoms with van der Waals surface area (Å²) in [7, 11) is 0. The van der Waals surface area contributed by atoms with Crippen molar-refractivity contribution >= 4 is 40.3 Å². The first-order chi connectivity index (χ1) is 10.6. The highest BCUT2D eigenvalue weighted by atomic mass is 35.5. The molecular formula is C15H15ClN4OS. The number of nitrogens with zero attached hydrogens (tertiary/aromatic N) is 2. The van der Waals surface area contributed by atoms with Gasteiger partial charge in [0.1, 0.15) is 5.54 Å². The molecule has 114 valence electrons. The number of aromatic nitrogens is 2. The third-order valence-corrected chi connectivity index (χ3v) is 4.92. The molecule has 1 aromatic carbocycles. The lowest BCUT2D eigenvalue weighted by atomic mass is 10.0. The maximum Gasteiger partial charge on any atom is 0.231 e. The molecule has 1 fully saturated rings. The smallest absolute Gasteiger partial charge is 0.231 e. The normalized spacial score (nSPS) is 16.5. The second-order valence-electron chi connectivity index (χ2n) is 5.44. The predicted octanol–water partition coefficient (Wildman–Crippen LogP) is 3.26. The Morgan fingerprint density at radius 2 is 2.27 bits per heavy atom. The van der Waals surface area contributed by atoms with Crippen LogP contribution in [0.1, 0.15) is 25.7 Å². The van der Waals surface area contributed by atoms with Gasteiger partial charge in [0.05, 0.1) is 22.9 Å². The number of rotatable bonds is 4. The van der Waals surface area contributed by atoms with Gasteiger partial charge in [-0.15, -0.1) is 0 Å². The molecule has 1 heterocycles. The van der Waals surface area contributed by atoms with E-state index < -0.39 is 5.54 Å². The van der Waals surface area contributed by atoms with E-state index in [-0.39, 0.29) is 11.7 Å². The van der Waals surface area contributed by atoms with E-state index in [9.17, 15) is 10.1 Å². The number of H-pyrrole nitrogens is 1. The van der Waals surface area contributed by atoms with Gasteiger partial charge in [0.2, 0.25) is 5.91 Å². The van der Waals surface area contributed by atoms with Crippen molar-refractivity contribution in [1.29, 1.82) is 5.26 Å². The number of imidazole rings is 1. The Balaban J connectivity index is 1.61. The van der Waals surface area contributed by atoms with Gasteiger partial charge in [-0.25, -0.2) is 4.98 Å². The van der Waals surface area contributed by atoms with E-state index in [1.165, 1.54) is 11.8 Å². The van der Waals surface area contributed by atoms with Crippen LogP contribution in [0.5, 0.6) is 0 Å². The fourth-order valence-corrected chi connectivity index (χ4v) is 3.56. The van der Waals surface area contributed by atoms with E-state index >= 15 is 0 Å². The molecule has 0 atom stereocenters. The van der Waals surface area contributed by atoms with Crippen molar-refractivity contribution in [2.45, 2.75) is 36.4 Å². The SMILES string of the molecule is N#CC1(NC(=O)CSc2nc3ccc(Cl)cc3[nH]2)CCCC1. The fourth-order valence-electron chi connectivity index (χ4n) is 2.71. The molecule has 0 bridgehead atoms. The number of thioether (sulfide) groups is 1. The molecular weight excluding hydrogens is 320 g/mol. The largest absolute Gasteiger partial charge is 0.337 e. The summed E-state index contributed by atoms with van der Waals surface area (Å²) in [6, 6.07) is 7.67. The van der Waals surface area contributed by atoms with E-state index in [0.29, 0.717) is 10.2 Å². The van der Waals surface area contributed by atoms with Crippen molar-refractivity contribution in [2.75, 3.05) is 5.75 Å². The van der Waals surface area contributed by atoms with Gasteiger partial charge in [0.25, 0.3) is 0 Å². The summed E-state index contributed by atoms with van der Waals surface area (Å²) < 4.78 is 0. The lowest BCUT2D eigenvalue weighted by Crippen LogP contribution is -2.45. The Hall–Kier alpha value is -1.71. The number of amides is 1. The van der Waals surface area contributed by atoms with Gasteiger partial charge < -0.3 is 10.3 Å². The molecule has 0 aliphatic heterocycles. The first kappa shape index (κ1) is 15.2. The molecule has 0 spiro atoms. The van der Waals surface area contributed by atoms with Gasteiger partial charge in [-0.05, 0) is 43.9 Å². The first-order valence-electron chi connectivity index (χ1n) is 7.11. The van der Waals surface area contributed by atoms with E-state index in [1.54, 1.807) is 12.1 Å². The summed E-state index contributed by atoms with van der Waals surface area (Å²) in [6.45, 7) is 0. The molecule has 1 saturated carbocycles. The minimum Gasteiger partial charge on any atom is -0.337 e. The molecule has 5 nitrogen and oxygen atoms in total. The van der Waals surface area contributed by atoms with Crippen molar-refractivity contribution in [3.63, 3.8) is 0 Å². The van der Waals surface area contributed by atoms with Crippen molar-refractivity contribution < 1.29 is 4.79 Å². The quantitative estimate of drug-likeness (QED) is 0.841. The Kier molecular flexibility index (Phi) is 4.27. The lowest BCUT2D eigenvalue weighted by Gasteiger charge is -2.21. The van der Waals surface area contributed by atoms with Crippen LogP contribution in [-0.4, -0.2) is 27.2 Å². The zero-order chi connectivity index (χ0) is 15.6. The lowest BCUT2D eigenvalue weighted by molar-refractivity contribution is -0.119. The molecule has 0 radical (unpaired) electrons. The Labute approximate surface area is 137 Å². The summed E-state index contributed by atoms with van der Waals surface area (Å²) >= 11 is 7.25. The molecule has 7 heteroatoms. The monoisotopic (exact) mass is 334 g/mol. The molecule has 1 aliphatic rings. The number of carbonyl (C=O) groups is 1. The summed E-state index contributed by atoms with van der Waals surface area (Å²) in [5.74, 6) is 0.101.